The van der Waals surface area contributed by atoms with Gasteiger partial charge in [-0.1, -0.05) is 133 Å². The Labute approximate surface area is 193 Å². The summed E-state index contributed by atoms with van der Waals surface area (Å²) in [6.07, 6.45) is 0. The smallest absolute Gasteiger partial charge is 0.0152 e. The van der Waals surface area contributed by atoms with E-state index in [2.05, 4.69) is 133 Å². The van der Waals surface area contributed by atoms with Gasteiger partial charge in [0.05, 0.1) is 0 Å². The normalized spacial score (nSPS) is 14.1. The number of hydrogen-bond donors (Lipinski definition) is 0. The highest BCUT2D eigenvalue weighted by Crippen LogP contribution is 2.47. The zero-order valence-corrected chi connectivity index (χ0v) is 23.0. The van der Waals surface area contributed by atoms with Gasteiger partial charge in [0.2, 0.25) is 0 Å². The Kier molecular flexibility index (Phi) is 6.46. The molecule has 0 unspecified atom stereocenters. The molecule has 0 saturated heterocycles. The van der Waals surface area contributed by atoms with Gasteiger partial charge in [-0.05, 0) is 55.0 Å². The highest BCUT2D eigenvalue weighted by atomic mass is 14.4. The molecule has 0 aliphatic carbocycles. The minimum absolute atomic E-state index is 0.0695. The van der Waals surface area contributed by atoms with Crippen LogP contribution >= 0.6 is 0 Å². The Morgan fingerprint density at radius 1 is 0.355 bits per heavy atom. The van der Waals surface area contributed by atoms with E-state index >= 15 is 0 Å². The lowest BCUT2D eigenvalue weighted by Gasteiger charge is -2.41. The summed E-state index contributed by atoms with van der Waals surface area (Å²) in [6.45, 7) is 33.1. The first-order chi connectivity index (χ1) is 13.7. The van der Waals surface area contributed by atoms with Gasteiger partial charge < -0.3 is 0 Å². The van der Waals surface area contributed by atoms with Crippen molar-refractivity contribution in [3.63, 3.8) is 0 Å². The van der Waals surface area contributed by atoms with Crippen LogP contribution in [0.2, 0.25) is 0 Å². The maximum absolute atomic E-state index is 2.43. The molecule has 0 spiro atoms. The molecule has 0 fully saturated rings. The van der Waals surface area contributed by atoms with Gasteiger partial charge in [0.1, 0.15) is 0 Å². The third-order valence-corrected chi connectivity index (χ3v) is 6.59. The molecular weight excluding hydrogens is 372 g/mol. The van der Waals surface area contributed by atoms with Crippen LogP contribution in [0.1, 0.15) is 130 Å². The zero-order valence-electron chi connectivity index (χ0n) is 23.0. The van der Waals surface area contributed by atoms with Crippen molar-refractivity contribution in [3.05, 3.63) is 69.8 Å². The van der Waals surface area contributed by atoms with Crippen LogP contribution in [0, 0.1) is 0 Å². The summed E-state index contributed by atoms with van der Waals surface area (Å²) in [6, 6.07) is 14.0. The maximum Gasteiger partial charge on any atom is 0.0152 e. The minimum Gasteiger partial charge on any atom is -0.0616 e. The lowest BCUT2D eigenvalue weighted by Crippen LogP contribution is -2.33. The van der Waals surface area contributed by atoms with Gasteiger partial charge in [-0.15, -0.1) is 0 Å². The topological polar surface area (TPSA) is 0 Å². The SMILES string of the molecule is CC(C)(C)c1cccc(C(C)(C)c2cccc(C(C)(C)C)c2C(C)(C)C)c1C(C)(C)C. The molecule has 2 aromatic rings. The Bertz CT molecular complexity index is 848. The van der Waals surface area contributed by atoms with Gasteiger partial charge in [-0.25, -0.2) is 0 Å². The van der Waals surface area contributed by atoms with Gasteiger partial charge >= 0.3 is 0 Å². The van der Waals surface area contributed by atoms with Crippen molar-refractivity contribution in [2.24, 2.45) is 0 Å². The van der Waals surface area contributed by atoms with Crippen LogP contribution in [0.15, 0.2) is 36.4 Å². The van der Waals surface area contributed by atoms with E-state index in [0.717, 1.165) is 0 Å². The highest BCUT2D eigenvalue weighted by molar-refractivity contribution is 5.55. The Morgan fingerprint density at radius 3 is 0.839 bits per heavy atom. The van der Waals surface area contributed by atoms with Crippen LogP contribution in [0.3, 0.4) is 0 Å². The van der Waals surface area contributed by atoms with Crippen LogP contribution in [-0.2, 0) is 27.1 Å². The second kappa shape index (κ2) is 7.79. The van der Waals surface area contributed by atoms with E-state index in [0.29, 0.717) is 0 Å². The van der Waals surface area contributed by atoms with Crippen molar-refractivity contribution < 1.29 is 0 Å². The van der Waals surface area contributed by atoms with E-state index < -0.39 is 0 Å². The minimum atomic E-state index is -0.103. The van der Waals surface area contributed by atoms with Gasteiger partial charge in [-0.3, -0.25) is 0 Å². The molecule has 0 radical (unpaired) electrons. The zero-order chi connectivity index (χ0) is 24.2. The standard InChI is InChI=1S/C31H48/c1-27(2,3)21-17-15-19-23(25(21)29(7,8)9)31(13,14)24-20-16-18-22(28(4,5)6)26(24)30(10,11)12/h15-20H,1-14H3. The summed E-state index contributed by atoms with van der Waals surface area (Å²) in [7, 11) is 0. The molecule has 0 aromatic heterocycles. The monoisotopic (exact) mass is 420 g/mol. The molecule has 0 amide bonds. The average Bonchev–Trinajstić information content (AvgIpc) is 2.57. The largest absolute Gasteiger partial charge is 0.0616 e. The van der Waals surface area contributed by atoms with Crippen molar-refractivity contribution in [1.29, 1.82) is 0 Å². The summed E-state index contributed by atoms with van der Waals surface area (Å²) in [5.74, 6) is 0. The van der Waals surface area contributed by atoms with E-state index in [4.69, 9.17) is 0 Å². The summed E-state index contributed by atoms with van der Waals surface area (Å²) in [5.41, 5.74) is 9.12. The fourth-order valence-corrected chi connectivity index (χ4v) is 5.16. The predicted octanol–water partition coefficient (Wildman–Crippen LogP) is 9.20. The lowest BCUT2D eigenvalue weighted by molar-refractivity contribution is 0.490. The third kappa shape index (κ3) is 5.10. The Balaban J connectivity index is 3.00. The summed E-state index contributed by atoms with van der Waals surface area (Å²) in [4.78, 5) is 0. The lowest BCUT2D eigenvalue weighted by atomic mass is 9.63. The second-order valence-corrected chi connectivity index (χ2v) is 14.1. The van der Waals surface area contributed by atoms with Crippen molar-refractivity contribution in [2.75, 3.05) is 0 Å². The Morgan fingerprint density at radius 2 is 0.613 bits per heavy atom. The molecule has 0 bridgehead atoms. The molecule has 0 heterocycles. The number of hydrogen-bond acceptors (Lipinski definition) is 0. The molecule has 0 nitrogen and oxygen atoms in total. The molecule has 2 rings (SSSR count). The molecule has 0 heteroatoms. The van der Waals surface area contributed by atoms with E-state index in [9.17, 15) is 0 Å². The molecule has 0 aliphatic heterocycles. The second-order valence-electron chi connectivity index (χ2n) is 14.1. The van der Waals surface area contributed by atoms with Crippen LogP contribution in [0.4, 0.5) is 0 Å². The average molecular weight is 421 g/mol. The van der Waals surface area contributed by atoms with E-state index in [1.807, 2.05) is 0 Å². The third-order valence-electron chi connectivity index (χ3n) is 6.59. The van der Waals surface area contributed by atoms with E-state index in [1.165, 1.54) is 33.4 Å². The van der Waals surface area contributed by atoms with Crippen molar-refractivity contribution in [3.8, 4) is 0 Å². The number of rotatable bonds is 2. The van der Waals surface area contributed by atoms with Gasteiger partial charge in [0.25, 0.3) is 0 Å². The van der Waals surface area contributed by atoms with E-state index in [-0.39, 0.29) is 27.1 Å². The van der Waals surface area contributed by atoms with E-state index in [1.54, 1.807) is 0 Å². The first-order valence-electron chi connectivity index (χ1n) is 12.0. The summed E-state index contributed by atoms with van der Waals surface area (Å²) >= 11 is 0. The molecule has 2 aromatic carbocycles. The van der Waals surface area contributed by atoms with Gasteiger partial charge in [-0.2, -0.15) is 0 Å². The van der Waals surface area contributed by atoms with Crippen molar-refractivity contribution in [1.82, 2.24) is 0 Å². The fraction of sp³-hybridized carbons (Fsp3) is 0.613. The molecular formula is C31H48. The quantitative estimate of drug-likeness (QED) is 0.454. The van der Waals surface area contributed by atoms with Crippen molar-refractivity contribution >= 4 is 0 Å². The highest BCUT2D eigenvalue weighted by Gasteiger charge is 2.38. The summed E-state index contributed by atoms with van der Waals surface area (Å²) in [5, 5.41) is 0. The van der Waals surface area contributed by atoms with Crippen LogP contribution in [-0.4, -0.2) is 0 Å². The predicted molar refractivity (Wildman–Crippen MR) is 140 cm³/mol. The first-order valence-corrected chi connectivity index (χ1v) is 12.0. The van der Waals surface area contributed by atoms with Crippen LogP contribution in [0.25, 0.3) is 0 Å². The van der Waals surface area contributed by atoms with Crippen LogP contribution in [0.5, 0.6) is 0 Å². The molecule has 31 heavy (non-hydrogen) atoms. The van der Waals surface area contributed by atoms with Crippen LogP contribution < -0.4 is 0 Å². The molecule has 172 valence electrons. The first kappa shape index (κ1) is 25.7. The van der Waals surface area contributed by atoms with Crippen molar-refractivity contribution in [2.45, 2.75) is 124 Å². The van der Waals surface area contributed by atoms with Gasteiger partial charge in [0.15, 0.2) is 0 Å². The fourth-order valence-electron chi connectivity index (χ4n) is 5.16. The number of benzene rings is 2. The summed E-state index contributed by atoms with van der Waals surface area (Å²) < 4.78 is 0. The molecule has 0 saturated carbocycles. The molecule has 0 aliphatic rings. The van der Waals surface area contributed by atoms with Gasteiger partial charge in [0, 0.05) is 5.41 Å². The molecule has 0 atom stereocenters. The Hall–Kier alpha value is -1.56. The molecule has 0 N–H and O–H groups in total. The maximum atomic E-state index is 2.43.